The summed E-state index contributed by atoms with van der Waals surface area (Å²) in [7, 11) is 0. The summed E-state index contributed by atoms with van der Waals surface area (Å²) in [4.78, 5) is 27.0. The highest BCUT2D eigenvalue weighted by molar-refractivity contribution is 5.94. The van der Waals surface area contributed by atoms with Crippen LogP contribution in [0.25, 0.3) is 0 Å². The lowest BCUT2D eigenvalue weighted by Crippen LogP contribution is -2.40. The highest BCUT2D eigenvalue weighted by Gasteiger charge is 2.31. The molecular weight excluding hydrogens is 358 g/mol. The van der Waals surface area contributed by atoms with Crippen LogP contribution >= 0.6 is 0 Å². The van der Waals surface area contributed by atoms with Gasteiger partial charge in [0.25, 0.3) is 5.91 Å². The van der Waals surface area contributed by atoms with Crippen LogP contribution in [0.3, 0.4) is 0 Å². The van der Waals surface area contributed by atoms with Gasteiger partial charge in [-0.2, -0.15) is 5.10 Å². The van der Waals surface area contributed by atoms with Crippen LogP contribution in [0.5, 0.6) is 0 Å². The molecule has 3 aliphatic heterocycles. The zero-order valence-electron chi connectivity index (χ0n) is 15.6. The summed E-state index contributed by atoms with van der Waals surface area (Å²) in [6.45, 7) is 2.79. The van der Waals surface area contributed by atoms with Crippen LogP contribution in [-0.2, 0) is 27.4 Å². The first-order valence-electron chi connectivity index (χ1n) is 9.77. The van der Waals surface area contributed by atoms with Crippen molar-refractivity contribution in [2.75, 3.05) is 25.1 Å². The van der Waals surface area contributed by atoms with Crippen molar-refractivity contribution >= 4 is 17.6 Å². The van der Waals surface area contributed by atoms with Gasteiger partial charge in [0, 0.05) is 30.8 Å². The summed E-state index contributed by atoms with van der Waals surface area (Å²) in [5.41, 5.74) is 2.67. The summed E-state index contributed by atoms with van der Waals surface area (Å²) in [5.74, 6) is 0.675. The number of rotatable bonds is 3. The molecule has 0 aromatic carbocycles. The van der Waals surface area contributed by atoms with Crippen LogP contribution in [0.2, 0.25) is 0 Å². The number of ether oxygens (including phenoxy) is 1. The first-order chi connectivity index (χ1) is 13.7. The van der Waals surface area contributed by atoms with Gasteiger partial charge in [0.1, 0.15) is 5.70 Å². The van der Waals surface area contributed by atoms with Gasteiger partial charge in [-0.15, -0.1) is 0 Å². The van der Waals surface area contributed by atoms with Gasteiger partial charge in [-0.3, -0.25) is 14.3 Å². The maximum Gasteiger partial charge on any atom is 0.270 e. The van der Waals surface area contributed by atoms with E-state index >= 15 is 0 Å². The average Bonchev–Trinajstić information content (AvgIpc) is 3.44. The minimum atomic E-state index is -0.107. The molecule has 0 radical (unpaired) electrons. The van der Waals surface area contributed by atoms with Gasteiger partial charge in [0.05, 0.1) is 31.3 Å². The number of hydrogen-bond donors (Lipinski definition) is 2. The molecule has 1 saturated heterocycles. The number of hydrogen-bond acceptors (Lipinski definition) is 5. The number of anilines is 1. The minimum Gasteiger partial charge on any atom is -0.381 e. The molecule has 2 N–H and O–H groups in total. The molecule has 1 aromatic rings. The minimum absolute atomic E-state index is 0.0106. The monoisotopic (exact) mass is 381 g/mol. The molecule has 2 unspecified atom stereocenters. The van der Waals surface area contributed by atoms with Crippen LogP contribution in [0.4, 0.5) is 5.82 Å². The number of nitrogens with one attached hydrogen (secondary N) is 2. The molecule has 4 heterocycles. The average molecular weight is 381 g/mol. The van der Waals surface area contributed by atoms with Gasteiger partial charge < -0.3 is 20.3 Å². The zero-order chi connectivity index (χ0) is 19.1. The normalized spacial score (nSPS) is 25.5. The maximum atomic E-state index is 12.9. The van der Waals surface area contributed by atoms with Gasteiger partial charge in [-0.05, 0) is 25.0 Å². The lowest BCUT2D eigenvalue weighted by molar-refractivity contribution is -0.128. The fraction of sp³-hybridized carbons (Fsp3) is 0.450. The molecule has 8 heteroatoms. The molecule has 28 heavy (non-hydrogen) atoms. The molecule has 1 aromatic heterocycles. The summed E-state index contributed by atoms with van der Waals surface area (Å²) in [6, 6.07) is 1.86. The number of amides is 2. The van der Waals surface area contributed by atoms with Crippen molar-refractivity contribution < 1.29 is 14.3 Å². The van der Waals surface area contributed by atoms with Crippen molar-refractivity contribution in [1.29, 1.82) is 0 Å². The number of fused-ring (bicyclic) bond motifs is 2. The number of aromatic nitrogens is 2. The number of carbonyl (C=O) groups is 2. The van der Waals surface area contributed by atoms with E-state index in [0.29, 0.717) is 44.4 Å². The molecule has 4 aliphatic rings. The largest absolute Gasteiger partial charge is 0.381 e. The Morgan fingerprint density at radius 3 is 3.07 bits per heavy atom. The molecule has 2 atom stereocenters. The fourth-order valence-corrected chi connectivity index (χ4v) is 4.10. The second kappa shape index (κ2) is 6.94. The van der Waals surface area contributed by atoms with E-state index in [4.69, 9.17) is 4.74 Å². The Balaban J connectivity index is 1.25. The maximum absolute atomic E-state index is 12.9. The molecular formula is C20H23N5O3. The van der Waals surface area contributed by atoms with Crippen LogP contribution < -0.4 is 10.6 Å². The van der Waals surface area contributed by atoms with Crippen molar-refractivity contribution in [3.63, 3.8) is 0 Å². The molecule has 1 fully saturated rings. The second-order valence-electron chi connectivity index (χ2n) is 7.62. The Morgan fingerprint density at radius 1 is 1.32 bits per heavy atom. The summed E-state index contributed by atoms with van der Waals surface area (Å²) >= 11 is 0. The van der Waals surface area contributed by atoms with Crippen molar-refractivity contribution in [1.82, 2.24) is 20.0 Å². The van der Waals surface area contributed by atoms with E-state index in [2.05, 4.69) is 21.8 Å². The van der Waals surface area contributed by atoms with E-state index in [1.54, 1.807) is 0 Å². The molecule has 8 nitrogen and oxygen atoms in total. The third kappa shape index (κ3) is 3.13. The highest BCUT2D eigenvalue weighted by Crippen LogP contribution is 2.28. The third-order valence-electron chi connectivity index (χ3n) is 5.72. The first kappa shape index (κ1) is 17.2. The first-order valence-corrected chi connectivity index (χ1v) is 9.77. The van der Waals surface area contributed by atoms with Crippen molar-refractivity contribution in [3.8, 4) is 0 Å². The topological polar surface area (TPSA) is 88.5 Å². The van der Waals surface area contributed by atoms with E-state index < -0.39 is 0 Å². The molecule has 5 rings (SSSR count). The quantitative estimate of drug-likeness (QED) is 0.820. The molecule has 0 saturated carbocycles. The van der Waals surface area contributed by atoms with E-state index in [1.807, 2.05) is 33.9 Å². The number of allylic oxidation sites excluding steroid dienone is 4. The van der Waals surface area contributed by atoms with E-state index in [-0.39, 0.29) is 23.7 Å². The number of carbonyl (C=O) groups excluding carboxylic acids is 2. The SMILES string of the molecule is O=C(Nc1cc2n(n1)CCN(C(=O)C1=CC3CC=CC=C3N1)C2)C1CCOC1. The lowest BCUT2D eigenvalue weighted by atomic mass is 9.99. The van der Waals surface area contributed by atoms with Gasteiger partial charge in [-0.25, -0.2) is 0 Å². The Labute approximate surface area is 162 Å². The van der Waals surface area contributed by atoms with Crippen molar-refractivity contribution in [2.45, 2.75) is 25.9 Å². The van der Waals surface area contributed by atoms with Crippen molar-refractivity contribution in [3.05, 3.63) is 47.5 Å². The Hall–Kier alpha value is -2.87. The van der Waals surface area contributed by atoms with Crippen LogP contribution in [0.1, 0.15) is 18.5 Å². The Kier molecular flexibility index (Phi) is 4.27. The summed E-state index contributed by atoms with van der Waals surface area (Å²) in [5, 5.41) is 10.6. The molecule has 0 bridgehead atoms. The van der Waals surface area contributed by atoms with Crippen LogP contribution in [-0.4, -0.2) is 46.3 Å². The smallest absolute Gasteiger partial charge is 0.270 e. The second-order valence-corrected chi connectivity index (χ2v) is 7.62. The molecule has 0 spiro atoms. The predicted octanol–water partition coefficient (Wildman–Crippen LogP) is 1.15. The van der Waals surface area contributed by atoms with Gasteiger partial charge in [0.15, 0.2) is 5.82 Å². The summed E-state index contributed by atoms with van der Waals surface area (Å²) < 4.78 is 7.14. The predicted molar refractivity (Wildman–Crippen MR) is 102 cm³/mol. The Bertz CT molecular complexity index is 907. The van der Waals surface area contributed by atoms with Crippen LogP contribution in [0, 0.1) is 11.8 Å². The standard InChI is InChI=1S/C20H23N5O3/c26-19(14-5-8-28-12-14)22-18-10-15-11-24(6-7-25(15)23-18)20(27)17-9-13-3-1-2-4-16(13)21-17/h1-2,4,9-10,13-14,21H,3,5-8,11-12H2,(H,22,23,26). The fourth-order valence-electron chi connectivity index (χ4n) is 4.10. The van der Waals surface area contributed by atoms with Gasteiger partial charge >= 0.3 is 0 Å². The van der Waals surface area contributed by atoms with E-state index in [0.717, 1.165) is 24.2 Å². The molecule has 1 aliphatic carbocycles. The lowest BCUT2D eigenvalue weighted by Gasteiger charge is -2.28. The molecule has 2 amide bonds. The van der Waals surface area contributed by atoms with Gasteiger partial charge in [0.2, 0.25) is 5.91 Å². The third-order valence-corrected chi connectivity index (χ3v) is 5.72. The van der Waals surface area contributed by atoms with Crippen molar-refractivity contribution in [2.24, 2.45) is 11.8 Å². The van der Waals surface area contributed by atoms with Gasteiger partial charge in [-0.1, -0.05) is 12.2 Å². The number of nitrogens with zero attached hydrogens (tertiary/aromatic N) is 3. The van der Waals surface area contributed by atoms with E-state index in [1.165, 1.54) is 0 Å². The Morgan fingerprint density at radius 2 is 2.25 bits per heavy atom. The zero-order valence-corrected chi connectivity index (χ0v) is 15.6. The van der Waals surface area contributed by atoms with E-state index in [9.17, 15) is 9.59 Å². The highest BCUT2D eigenvalue weighted by atomic mass is 16.5. The molecule has 146 valence electrons. The summed E-state index contributed by atoms with van der Waals surface area (Å²) in [6.07, 6.45) is 9.87. The van der Waals surface area contributed by atoms with Crippen LogP contribution in [0.15, 0.2) is 41.8 Å².